The number of anilines is 1. The summed E-state index contributed by atoms with van der Waals surface area (Å²) in [6, 6.07) is 11.6. The SMILES string of the molecule is COc1cc(OC)c(NS(=O)(=O)c2cnn(-c3ccccc3)c2)c(C(=O)O)c1. The molecule has 0 saturated carbocycles. The van der Waals surface area contributed by atoms with Crippen molar-refractivity contribution in [1.29, 1.82) is 0 Å². The summed E-state index contributed by atoms with van der Waals surface area (Å²) in [5.41, 5.74) is 0.163. The summed E-state index contributed by atoms with van der Waals surface area (Å²) >= 11 is 0. The number of ether oxygens (including phenoxy) is 2. The van der Waals surface area contributed by atoms with Crippen LogP contribution in [0.5, 0.6) is 11.5 Å². The summed E-state index contributed by atoms with van der Waals surface area (Å²) < 4.78 is 39.5. The molecule has 0 atom stereocenters. The van der Waals surface area contributed by atoms with Crippen molar-refractivity contribution < 1.29 is 27.8 Å². The van der Waals surface area contributed by atoms with Crippen molar-refractivity contribution in [3.63, 3.8) is 0 Å². The minimum atomic E-state index is -4.13. The van der Waals surface area contributed by atoms with E-state index >= 15 is 0 Å². The average molecular weight is 403 g/mol. The molecule has 0 amide bonds. The van der Waals surface area contributed by atoms with Gasteiger partial charge in [0.1, 0.15) is 22.1 Å². The molecular formula is C18H17N3O6S. The zero-order valence-corrected chi connectivity index (χ0v) is 15.8. The number of carbonyl (C=O) groups is 1. The summed E-state index contributed by atoms with van der Waals surface area (Å²) in [4.78, 5) is 11.5. The highest BCUT2D eigenvalue weighted by Gasteiger charge is 2.24. The normalized spacial score (nSPS) is 11.1. The molecule has 1 aromatic heterocycles. The van der Waals surface area contributed by atoms with Gasteiger partial charge in [-0.1, -0.05) is 18.2 Å². The molecule has 0 aliphatic carbocycles. The number of carboxylic acids is 1. The van der Waals surface area contributed by atoms with Crippen molar-refractivity contribution in [3.05, 3.63) is 60.4 Å². The molecule has 0 saturated heterocycles. The zero-order valence-electron chi connectivity index (χ0n) is 15.0. The number of hydrogen-bond acceptors (Lipinski definition) is 6. The summed E-state index contributed by atoms with van der Waals surface area (Å²) in [5, 5.41) is 13.5. The van der Waals surface area contributed by atoms with Crippen molar-refractivity contribution in [3.8, 4) is 17.2 Å². The van der Waals surface area contributed by atoms with Crippen LogP contribution in [0.2, 0.25) is 0 Å². The van der Waals surface area contributed by atoms with E-state index in [-0.39, 0.29) is 27.6 Å². The maximum Gasteiger partial charge on any atom is 0.338 e. The van der Waals surface area contributed by atoms with Gasteiger partial charge in [0.15, 0.2) is 0 Å². The van der Waals surface area contributed by atoms with Gasteiger partial charge in [-0.15, -0.1) is 0 Å². The van der Waals surface area contributed by atoms with E-state index in [1.165, 1.54) is 43.4 Å². The van der Waals surface area contributed by atoms with Gasteiger partial charge < -0.3 is 14.6 Å². The van der Waals surface area contributed by atoms with Crippen molar-refractivity contribution in [2.24, 2.45) is 0 Å². The molecule has 0 spiro atoms. The van der Waals surface area contributed by atoms with Gasteiger partial charge in [0, 0.05) is 6.07 Å². The van der Waals surface area contributed by atoms with Gasteiger partial charge in [-0.05, 0) is 18.2 Å². The van der Waals surface area contributed by atoms with Crippen LogP contribution in [0.4, 0.5) is 5.69 Å². The Bertz CT molecular complexity index is 1110. The van der Waals surface area contributed by atoms with Gasteiger partial charge in [0.05, 0.1) is 37.9 Å². The fraction of sp³-hybridized carbons (Fsp3) is 0.111. The number of para-hydroxylation sites is 1. The second-order valence-electron chi connectivity index (χ2n) is 5.62. The first-order chi connectivity index (χ1) is 13.4. The third kappa shape index (κ3) is 3.76. The van der Waals surface area contributed by atoms with E-state index in [4.69, 9.17) is 9.47 Å². The molecule has 9 nitrogen and oxygen atoms in total. The van der Waals surface area contributed by atoms with Gasteiger partial charge >= 0.3 is 5.97 Å². The molecule has 28 heavy (non-hydrogen) atoms. The molecule has 0 bridgehead atoms. The maximum absolute atomic E-state index is 12.8. The quantitative estimate of drug-likeness (QED) is 0.621. The van der Waals surface area contributed by atoms with E-state index in [2.05, 4.69) is 9.82 Å². The van der Waals surface area contributed by atoms with Crippen LogP contribution in [-0.4, -0.2) is 43.5 Å². The molecule has 3 rings (SSSR count). The van der Waals surface area contributed by atoms with E-state index in [9.17, 15) is 18.3 Å². The number of methoxy groups -OCH3 is 2. The standard InChI is InChI=1S/C18H17N3O6S/c1-26-13-8-15(18(22)23)17(16(9-13)27-2)20-28(24,25)14-10-19-21(11-14)12-6-4-3-5-7-12/h3-11,20H,1-2H3,(H,22,23). The number of carboxylic acid groups (broad SMARTS) is 1. The van der Waals surface area contributed by atoms with Crippen molar-refractivity contribution in [2.75, 3.05) is 18.9 Å². The van der Waals surface area contributed by atoms with Gasteiger partial charge in [0.2, 0.25) is 0 Å². The van der Waals surface area contributed by atoms with Crippen molar-refractivity contribution >= 4 is 21.7 Å². The number of benzene rings is 2. The van der Waals surface area contributed by atoms with Crippen LogP contribution in [-0.2, 0) is 10.0 Å². The first-order valence-corrected chi connectivity index (χ1v) is 9.46. The molecule has 0 unspecified atom stereocenters. The molecule has 0 aliphatic rings. The molecule has 3 aromatic rings. The number of nitrogens with one attached hydrogen (secondary N) is 1. The molecule has 10 heteroatoms. The third-order valence-corrected chi connectivity index (χ3v) is 5.19. The monoisotopic (exact) mass is 403 g/mol. The predicted octanol–water partition coefficient (Wildman–Crippen LogP) is 2.39. The summed E-state index contributed by atoms with van der Waals surface area (Å²) in [6.45, 7) is 0. The van der Waals surface area contributed by atoms with Crippen LogP contribution in [0.15, 0.2) is 59.8 Å². The van der Waals surface area contributed by atoms with Crippen LogP contribution >= 0.6 is 0 Å². The highest BCUT2D eigenvalue weighted by Crippen LogP contribution is 2.35. The molecule has 146 valence electrons. The molecule has 0 radical (unpaired) electrons. The van der Waals surface area contributed by atoms with Crippen molar-refractivity contribution in [2.45, 2.75) is 4.90 Å². The number of aromatic carboxylic acids is 1. The Hall–Kier alpha value is -3.53. The number of nitrogens with zero attached hydrogens (tertiary/aromatic N) is 2. The van der Waals surface area contributed by atoms with Crippen LogP contribution < -0.4 is 14.2 Å². The molecular weight excluding hydrogens is 386 g/mol. The third-order valence-electron chi connectivity index (χ3n) is 3.89. The van der Waals surface area contributed by atoms with Crippen molar-refractivity contribution in [1.82, 2.24) is 9.78 Å². The summed E-state index contributed by atoms with van der Waals surface area (Å²) in [6.07, 6.45) is 2.50. The lowest BCUT2D eigenvalue weighted by atomic mass is 10.1. The second kappa shape index (κ2) is 7.61. The maximum atomic E-state index is 12.8. The Balaban J connectivity index is 2.01. The minimum Gasteiger partial charge on any atom is -0.497 e. The van der Waals surface area contributed by atoms with E-state index in [0.29, 0.717) is 5.69 Å². The lowest BCUT2D eigenvalue weighted by molar-refractivity contribution is 0.0697. The fourth-order valence-corrected chi connectivity index (χ4v) is 3.52. The van der Waals surface area contributed by atoms with E-state index in [0.717, 1.165) is 0 Å². The Labute approximate surface area is 161 Å². The Morgan fingerprint density at radius 1 is 1.14 bits per heavy atom. The number of rotatable bonds is 7. The molecule has 2 aromatic carbocycles. The van der Waals surface area contributed by atoms with E-state index < -0.39 is 16.0 Å². The van der Waals surface area contributed by atoms with E-state index in [1.807, 2.05) is 6.07 Å². The van der Waals surface area contributed by atoms with Crippen LogP contribution in [0, 0.1) is 0 Å². The number of aromatic nitrogens is 2. The Morgan fingerprint density at radius 2 is 1.86 bits per heavy atom. The molecule has 1 heterocycles. The topological polar surface area (TPSA) is 120 Å². The minimum absolute atomic E-state index is 0.00998. The molecule has 2 N–H and O–H groups in total. The largest absolute Gasteiger partial charge is 0.497 e. The van der Waals surface area contributed by atoms with Crippen LogP contribution in [0.3, 0.4) is 0 Å². The lowest BCUT2D eigenvalue weighted by Gasteiger charge is -2.15. The molecule has 0 fully saturated rings. The van der Waals surface area contributed by atoms with Crippen LogP contribution in [0.25, 0.3) is 5.69 Å². The highest BCUT2D eigenvalue weighted by molar-refractivity contribution is 7.92. The number of hydrogen-bond donors (Lipinski definition) is 2. The zero-order chi connectivity index (χ0) is 20.3. The first-order valence-electron chi connectivity index (χ1n) is 7.98. The van der Waals surface area contributed by atoms with Gasteiger partial charge in [0.25, 0.3) is 10.0 Å². The van der Waals surface area contributed by atoms with Crippen LogP contribution in [0.1, 0.15) is 10.4 Å². The average Bonchev–Trinajstić information content (AvgIpc) is 3.19. The van der Waals surface area contributed by atoms with Gasteiger partial charge in [-0.25, -0.2) is 17.9 Å². The van der Waals surface area contributed by atoms with Gasteiger partial charge in [-0.2, -0.15) is 5.10 Å². The summed E-state index contributed by atoms with van der Waals surface area (Å²) in [5.74, 6) is -1.11. The Morgan fingerprint density at radius 3 is 2.46 bits per heavy atom. The molecule has 0 aliphatic heterocycles. The highest BCUT2D eigenvalue weighted by atomic mass is 32.2. The lowest BCUT2D eigenvalue weighted by Crippen LogP contribution is -2.16. The fourth-order valence-electron chi connectivity index (χ4n) is 2.50. The predicted molar refractivity (Wildman–Crippen MR) is 101 cm³/mol. The van der Waals surface area contributed by atoms with E-state index in [1.54, 1.807) is 24.3 Å². The first kappa shape index (κ1) is 19.2. The van der Waals surface area contributed by atoms with Gasteiger partial charge in [-0.3, -0.25) is 4.72 Å². The second-order valence-corrected chi connectivity index (χ2v) is 7.30. The summed E-state index contributed by atoms with van der Waals surface area (Å²) in [7, 11) is -1.47. The number of sulfonamides is 1. The Kier molecular flexibility index (Phi) is 5.23. The smallest absolute Gasteiger partial charge is 0.338 e.